The first-order valence-corrected chi connectivity index (χ1v) is 8.15. The summed E-state index contributed by atoms with van der Waals surface area (Å²) in [6, 6.07) is 11.8. The number of benzene rings is 2. The van der Waals surface area contributed by atoms with Crippen LogP contribution in [0.3, 0.4) is 0 Å². The number of ether oxygens (including phenoxy) is 2. The third kappa shape index (κ3) is 3.65. The average Bonchev–Trinajstić information content (AvgIpc) is 2.60. The maximum Gasteiger partial charge on any atom is 0.265 e. The van der Waals surface area contributed by atoms with Crippen molar-refractivity contribution in [1.82, 2.24) is 0 Å². The number of anilines is 1. The minimum atomic E-state index is -0.928. The van der Waals surface area contributed by atoms with Gasteiger partial charge in [0, 0.05) is 0 Å². The highest BCUT2D eigenvalue weighted by Gasteiger charge is 2.32. The summed E-state index contributed by atoms with van der Waals surface area (Å²) in [6.45, 7) is -0.298. The molecule has 0 saturated heterocycles. The number of carbonyl (C=O) groups excluding carboxylic acids is 2. The van der Waals surface area contributed by atoms with Gasteiger partial charge in [-0.1, -0.05) is 41.4 Å². The Hall–Kier alpha value is -2.44. The predicted molar refractivity (Wildman–Crippen MR) is 94.4 cm³/mol. The zero-order valence-electron chi connectivity index (χ0n) is 12.9. The van der Waals surface area contributed by atoms with Gasteiger partial charge in [0.25, 0.3) is 11.8 Å². The molecule has 2 aromatic carbocycles. The van der Waals surface area contributed by atoms with Gasteiger partial charge in [-0.05, 0) is 24.3 Å². The first kappa shape index (κ1) is 17.4. The molecule has 0 aromatic heterocycles. The maximum absolute atomic E-state index is 12.6. The molecule has 1 aliphatic heterocycles. The molecule has 6 nitrogen and oxygen atoms in total. The molecular formula is C17H14Cl2N2O4. The lowest BCUT2D eigenvalue weighted by Crippen LogP contribution is -2.50. The van der Waals surface area contributed by atoms with E-state index < -0.39 is 12.0 Å². The van der Waals surface area contributed by atoms with Gasteiger partial charge in [-0.15, -0.1) is 0 Å². The second-order valence-electron chi connectivity index (χ2n) is 5.32. The Bertz CT molecular complexity index is 808. The molecule has 0 aliphatic carbocycles. The van der Waals surface area contributed by atoms with Crippen molar-refractivity contribution in [2.75, 3.05) is 18.1 Å². The van der Waals surface area contributed by atoms with Crippen LogP contribution >= 0.6 is 23.2 Å². The standard InChI is InChI=1S/C17H14Cl2N2O4/c18-10-4-3-5-11(19)16(10)24-9-15(22)21-8-14(17(20)23)25-13-7-2-1-6-12(13)21/h1-7,14H,8-9H2,(H2,20,23)/t14-/m1/s1. The van der Waals surface area contributed by atoms with Gasteiger partial charge < -0.3 is 20.1 Å². The number of rotatable bonds is 4. The second-order valence-corrected chi connectivity index (χ2v) is 6.13. The summed E-state index contributed by atoms with van der Waals surface area (Å²) in [6.07, 6.45) is -0.928. The Labute approximate surface area is 154 Å². The topological polar surface area (TPSA) is 81.9 Å². The minimum absolute atomic E-state index is 0.00476. The largest absolute Gasteiger partial charge is 0.481 e. The molecular weight excluding hydrogens is 367 g/mol. The zero-order valence-corrected chi connectivity index (χ0v) is 14.5. The molecule has 8 heteroatoms. The number of carbonyl (C=O) groups is 2. The van der Waals surface area contributed by atoms with Gasteiger partial charge >= 0.3 is 0 Å². The van der Waals surface area contributed by atoms with Crippen LogP contribution in [0.15, 0.2) is 42.5 Å². The van der Waals surface area contributed by atoms with E-state index in [0.29, 0.717) is 21.5 Å². The van der Waals surface area contributed by atoms with Crippen molar-refractivity contribution in [3.05, 3.63) is 52.5 Å². The summed E-state index contributed by atoms with van der Waals surface area (Å²) in [7, 11) is 0. The molecule has 2 amide bonds. The molecule has 0 radical (unpaired) electrons. The molecule has 1 aliphatic rings. The van der Waals surface area contributed by atoms with Crippen LogP contribution in [0.1, 0.15) is 0 Å². The smallest absolute Gasteiger partial charge is 0.265 e. The van der Waals surface area contributed by atoms with Gasteiger partial charge in [0.2, 0.25) is 0 Å². The molecule has 1 atom stereocenters. The summed E-state index contributed by atoms with van der Waals surface area (Å²) in [5.41, 5.74) is 5.86. The summed E-state index contributed by atoms with van der Waals surface area (Å²) in [5, 5.41) is 0.607. The lowest BCUT2D eigenvalue weighted by molar-refractivity contribution is -0.125. The Morgan fingerprint density at radius 2 is 1.84 bits per heavy atom. The van der Waals surface area contributed by atoms with Gasteiger partial charge in [0.05, 0.1) is 22.3 Å². The number of hydrogen-bond donors (Lipinski definition) is 1. The van der Waals surface area contributed by atoms with Crippen LogP contribution in [0.5, 0.6) is 11.5 Å². The SMILES string of the molecule is NC(=O)[C@H]1CN(C(=O)COc2c(Cl)cccc2Cl)c2ccccc2O1. The van der Waals surface area contributed by atoms with E-state index in [1.807, 2.05) is 0 Å². The number of nitrogens with two attached hydrogens (primary N) is 1. The normalized spacial score (nSPS) is 15.9. The van der Waals surface area contributed by atoms with Crippen LogP contribution in [0.25, 0.3) is 0 Å². The number of hydrogen-bond acceptors (Lipinski definition) is 4. The average molecular weight is 381 g/mol. The lowest BCUT2D eigenvalue weighted by atomic mass is 10.2. The third-order valence-corrected chi connectivity index (χ3v) is 4.25. The number of amides is 2. The van der Waals surface area contributed by atoms with E-state index in [9.17, 15) is 9.59 Å². The molecule has 2 aromatic rings. The van der Waals surface area contributed by atoms with Crippen LogP contribution in [0, 0.1) is 0 Å². The molecule has 3 rings (SSSR count). The van der Waals surface area contributed by atoms with Crippen molar-refractivity contribution in [3.8, 4) is 11.5 Å². The van der Waals surface area contributed by atoms with E-state index >= 15 is 0 Å². The van der Waals surface area contributed by atoms with Crippen molar-refractivity contribution in [1.29, 1.82) is 0 Å². The second kappa shape index (κ2) is 7.21. The van der Waals surface area contributed by atoms with Crippen molar-refractivity contribution >= 4 is 40.7 Å². The summed E-state index contributed by atoms with van der Waals surface area (Å²) in [5.74, 6) is -0.394. The number of para-hydroxylation sites is 3. The van der Waals surface area contributed by atoms with Crippen molar-refractivity contribution in [3.63, 3.8) is 0 Å². The fourth-order valence-electron chi connectivity index (χ4n) is 2.45. The molecule has 1 heterocycles. The van der Waals surface area contributed by atoms with Crippen molar-refractivity contribution in [2.45, 2.75) is 6.10 Å². The number of primary amides is 1. The molecule has 0 unspecified atom stereocenters. The fourth-order valence-corrected chi connectivity index (χ4v) is 2.96. The van der Waals surface area contributed by atoms with Gasteiger partial charge in [-0.2, -0.15) is 0 Å². The van der Waals surface area contributed by atoms with E-state index in [4.69, 9.17) is 38.4 Å². The van der Waals surface area contributed by atoms with Crippen molar-refractivity contribution in [2.24, 2.45) is 5.73 Å². The van der Waals surface area contributed by atoms with Crippen molar-refractivity contribution < 1.29 is 19.1 Å². The monoisotopic (exact) mass is 380 g/mol. The lowest BCUT2D eigenvalue weighted by Gasteiger charge is -2.33. The number of halogens is 2. The van der Waals surface area contributed by atoms with Crippen LogP contribution < -0.4 is 20.1 Å². The van der Waals surface area contributed by atoms with Crippen LogP contribution in [0.4, 0.5) is 5.69 Å². The minimum Gasteiger partial charge on any atom is -0.481 e. The Balaban J connectivity index is 1.80. The highest BCUT2D eigenvalue weighted by atomic mass is 35.5. The molecule has 2 N–H and O–H groups in total. The summed E-state index contributed by atoms with van der Waals surface area (Å²) < 4.78 is 11.0. The highest BCUT2D eigenvalue weighted by molar-refractivity contribution is 6.37. The van der Waals surface area contributed by atoms with E-state index in [1.165, 1.54) is 4.90 Å². The highest BCUT2D eigenvalue weighted by Crippen LogP contribution is 2.34. The first-order chi connectivity index (χ1) is 12.0. The number of nitrogens with zero attached hydrogens (tertiary/aromatic N) is 1. The Morgan fingerprint density at radius 3 is 2.52 bits per heavy atom. The van der Waals surface area contributed by atoms with Crippen LogP contribution in [-0.2, 0) is 9.59 Å². The van der Waals surface area contributed by atoms with Gasteiger partial charge in [-0.25, -0.2) is 0 Å². The molecule has 0 bridgehead atoms. The van der Waals surface area contributed by atoms with Gasteiger partial charge in [0.1, 0.15) is 5.75 Å². The maximum atomic E-state index is 12.6. The predicted octanol–water partition coefficient (Wildman–Crippen LogP) is 2.65. The number of fused-ring (bicyclic) bond motifs is 1. The molecule has 130 valence electrons. The van der Waals surface area contributed by atoms with Crippen LogP contribution in [-0.4, -0.2) is 31.1 Å². The quantitative estimate of drug-likeness (QED) is 0.883. The van der Waals surface area contributed by atoms with Gasteiger partial charge in [-0.3, -0.25) is 9.59 Å². The van der Waals surface area contributed by atoms with E-state index in [0.717, 1.165) is 0 Å². The fraction of sp³-hybridized carbons (Fsp3) is 0.176. The van der Waals surface area contributed by atoms with E-state index in [-0.39, 0.29) is 24.8 Å². The van der Waals surface area contributed by atoms with Gasteiger partial charge in [0.15, 0.2) is 18.5 Å². The third-order valence-electron chi connectivity index (χ3n) is 3.65. The molecule has 0 saturated carbocycles. The Morgan fingerprint density at radius 1 is 1.16 bits per heavy atom. The van der Waals surface area contributed by atoms with Crippen LogP contribution in [0.2, 0.25) is 10.0 Å². The molecule has 25 heavy (non-hydrogen) atoms. The zero-order chi connectivity index (χ0) is 18.0. The first-order valence-electron chi connectivity index (χ1n) is 7.39. The van der Waals surface area contributed by atoms with E-state index in [2.05, 4.69) is 0 Å². The Kier molecular flexibility index (Phi) is 5.01. The molecule has 0 fully saturated rings. The van der Waals surface area contributed by atoms with E-state index in [1.54, 1.807) is 42.5 Å². The molecule has 0 spiro atoms. The summed E-state index contributed by atoms with van der Waals surface area (Å²) in [4.78, 5) is 25.5. The summed E-state index contributed by atoms with van der Waals surface area (Å²) >= 11 is 12.1.